The van der Waals surface area contributed by atoms with Gasteiger partial charge in [0.1, 0.15) is 5.69 Å². The van der Waals surface area contributed by atoms with Crippen molar-refractivity contribution in [2.24, 2.45) is 5.92 Å². The highest BCUT2D eigenvalue weighted by molar-refractivity contribution is 6.05. The monoisotopic (exact) mass is 863 g/mol. The standard InChI is InChI=1S/C49H57N11O4/c1-31-27-35(9-16-40(31)32(2)51-45(62)46-53-47(56-64-46)49(3,4)5)43-41-28-36(29-50-44(41)55-54-43)34-7-10-37(11-8-34)58-21-6-20-57(25-26-58)30-33-17-22-59(23-18-33)38-12-14-39(15-13-38)60-24-19-42(61)52-48(60)63/h7-16,27-29,32-33H,6,17-26,30H2,1-5H3,(H,51,62)(H,50,54,55)(H,52,61,63)/t32-/m1/s1. The molecule has 4 amide bonds. The van der Waals surface area contributed by atoms with E-state index < -0.39 is 5.91 Å². The molecule has 3 aliphatic rings. The molecule has 6 heterocycles. The summed E-state index contributed by atoms with van der Waals surface area (Å²) in [5.74, 6) is 0.497. The van der Waals surface area contributed by atoms with Crippen LogP contribution in [-0.2, 0) is 10.2 Å². The first-order chi connectivity index (χ1) is 30.9. The van der Waals surface area contributed by atoms with Crippen LogP contribution in [0.15, 0.2) is 83.5 Å². The minimum absolute atomic E-state index is 0.0453. The number of H-pyrrole nitrogens is 1. The predicted molar refractivity (Wildman–Crippen MR) is 249 cm³/mol. The van der Waals surface area contributed by atoms with Gasteiger partial charge in [-0.05, 0) is 111 Å². The van der Waals surface area contributed by atoms with Crippen molar-refractivity contribution in [3.63, 3.8) is 0 Å². The summed E-state index contributed by atoms with van der Waals surface area (Å²) in [7, 11) is 0. The van der Waals surface area contributed by atoms with Gasteiger partial charge in [-0.3, -0.25) is 24.9 Å². The Kier molecular flexibility index (Phi) is 11.9. The smallest absolute Gasteiger partial charge is 0.328 e. The molecule has 15 heteroatoms. The lowest BCUT2D eigenvalue weighted by Gasteiger charge is -2.36. The Bertz CT molecular complexity index is 2640. The summed E-state index contributed by atoms with van der Waals surface area (Å²) in [6.45, 7) is 17.7. The highest BCUT2D eigenvalue weighted by atomic mass is 16.5. The Hall–Kier alpha value is -6.61. The number of benzene rings is 3. The molecule has 0 saturated carbocycles. The van der Waals surface area contributed by atoms with E-state index in [-0.39, 0.29) is 29.3 Å². The number of imide groups is 1. The van der Waals surface area contributed by atoms with Gasteiger partial charge in [-0.15, -0.1) is 0 Å². The number of aromatic amines is 1. The molecule has 3 aliphatic heterocycles. The molecular formula is C49H57N11O4. The van der Waals surface area contributed by atoms with Crippen molar-refractivity contribution in [3.05, 3.63) is 102 Å². The number of urea groups is 1. The fourth-order valence-electron chi connectivity index (χ4n) is 9.22. The summed E-state index contributed by atoms with van der Waals surface area (Å²) in [5.41, 5.74) is 9.55. The van der Waals surface area contributed by atoms with Crippen LogP contribution in [0.3, 0.4) is 0 Å². The summed E-state index contributed by atoms with van der Waals surface area (Å²) in [5, 5.41) is 18.1. The number of nitrogens with zero attached hydrogens (tertiary/aromatic N) is 8. The van der Waals surface area contributed by atoms with Crippen LogP contribution in [0.2, 0.25) is 0 Å². The first-order valence-electron chi connectivity index (χ1n) is 22.5. The second-order valence-electron chi connectivity index (χ2n) is 18.5. The van der Waals surface area contributed by atoms with Gasteiger partial charge in [0, 0.05) is 97.4 Å². The summed E-state index contributed by atoms with van der Waals surface area (Å²) < 4.78 is 5.25. The lowest BCUT2D eigenvalue weighted by Crippen LogP contribution is -2.49. The maximum absolute atomic E-state index is 13.0. The number of carbonyl (C=O) groups is 3. The molecule has 64 heavy (non-hydrogen) atoms. The van der Waals surface area contributed by atoms with Crippen LogP contribution in [0, 0.1) is 12.8 Å². The summed E-state index contributed by atoms with van der Waals surface area (Å²) in [4.78, 5) is 55.1. The average Bonchev–Trinajstić information content (AvgIpc) is 3.91. The zero-order valence-electron chi connectivity index (χ0n) is 37.4. The average molecular weight is 864 g/mol. The van der Waals surface area contributed by atoms with Crippen molar-refractivity contribution >= 4 is 45.9 Å². The Morgan fingerprint density at radius 3 is 2.25 bits per heavy atom. The van der Waals surface area contributed by atoms with E-state index in [4.69, 9.17) is 9.51 Å². The van der Waals surface area contributed by atoms with Crippen LogP contribution in [0.1, 0.15) is 87.1 Å². The first-order valence-corrected chi connectivity index (χ1v) is 22.5. The van der Waals surface area contributed by atoms with E-state index in [1.165, 1.54) is 11.4 Å². The van der Waals surface area contributed by atoms with E-state index in [9.17, 15) is 14.4 Å². The van der Waals surface area contributed by atoms with Gasteiger partial charge < -0.3 is 24.5 Å². The summed E-state index contributed by atoms with van der Waals surface area (Å²) in [6, 6.07) is 24.7. The van der Waals surface area contributed by atoms with Gasteiger partial charge in [0.15, 0.2) is 11.5 Å². The second kappa shape index (κ2) is 17.9. The number of aryl methyl sites for hydroxylation is 1. The third kappa shape index (κ3) is 9.21. The molecule has 3 saturated heterocycles. The van der Waals surface area contributed by atoms with Crippen molar-refractivity contribution in [3.8, 4) is 22.4 Å². The molecule has 0 radical (unpaired) electrons. The van der Waals surface area contributed by atoms with Crippen LogP contribution < -0.4 is 25.3 Å². The zero-order valence-corrected chi connectivity index (χ0v) is 37.4. The molecule has 0 unspecified atom stereocenters. The number of amides is 4. The molecular weight excluding hydrogens is 807 g/mol. The number of carbonyl (C=O) groups excluding carboxylic acids is 3. The minimum Gasteiger partial charge on any atom is -0.372 e. The molecule has 1 atom stereocenters. The van der Waals surface area contributed by atoms with E-state index in [2.05, 4.69) is 94.2 Å². The van der Waals surface area contributed by atoms with Gasteiger partial charge in [0.2, 0.25) is 5.91 Å². The number of hydrogen-bond acceptors (Lipinski definition) is 11. The molecule has 3 fully saturated rings. The predicted octanol–water partition coefficient (Wildman–Crippen LogP) is 7.65. The van der Waals surface area contributed by atoms with Crippen LogP contribution >= 0.6 is 0 Å². The van der Waals surface area contributed by atoms with Crippen LogP contribution in [0.5, 0.6) is 0 Å². The highest BCUT2D eigenvalue weighted by Gasteiger charge is 2.28. The summed E-state index contributed by atoms with van der Waals surface area (Å²) in [6.07, 6.45) is 5.68. The largest absolute Gasteiger partial charge is 0.372 e. The van der Waals surface area contributed by atoms with Gasteiger partial charge in [-0.25, -0.2) is 9.78 Å². The lowest BCUT2D eigenvalue weighted by molar-refractivity contribution is -0.120. The third-order valence-corrected chi connectivity index (χ3v) is 12.9. The van der Waals surface area contributed by atoms with Crippen molar-refractivity contribution in [2.75, 3.05) is 67.1 Å². The maximum atomic E-state index is 13.0. The number of pyridine rings is 1. The van der Waals surface area contributed by atoms with Crippen LogP contribution in [0.4, 0.5) is 21.9 Å². The second-order valence-corrected chi connectivity index (χ2v) is 18.5. The molecule has 332 valence electrons. The fourth-order valence-corrected chi connectivity index (χ4v) is 9.22. The summed E-state index contributed by atoms with van der Waals surface area (Å²) >= 11 is 0. The van der Waals surface area contributed by atoms with E-state index in [1.807, 2.05) is 65.1 Å². The molecule has 3 N–H and O–H groups in total. The minimum atomic E-state index is -0.406. The van der Waals surface area contributed by atoms with Gasteiger partial charge in [-0.2, -0.15) is 10.1 Å². The third-order valence-electron chi connectivity index (χ3n) is 12.9. The quantitative estimate of drug-likeness (QED) is 0.124. The van der Waals surface area contributed by atoms with E-state index >= 15 is 0 Å². The number of rotatable bonds is 10. The zero-order chi connectivity index (χ0) is 44.5. The number of aromatic nitrogens is 5. The fraction of sp³-hybridized carbons (Fsp3) is 0.408. The van der Waals surface area contributed by atoms with Crippen molar-refractivity contribution in [2.45, 2.75) is 71.8 Å². The van der Waals surface area contributed by atoms with E-state index in [0.29, 0.717) is 24.7 Å². The van der Waals surface area contributed by atoms with E-state index in [1.54, 1.807) is 4.90 Å². The maximum Gasteiger partial charge on any atom is 0.328 e. The Morgan fingerprint density at radius 2 is 1.55 bits per heavy atom. The number of nitrogens with one attached hydrogen (secondary N) is 3. The number of piperidine rings is 1. The van der Waals surface area contributed by atoms with Crippen molar-refractivity contribution in [1.82, 2.24) is 40.9 Å². The van der Waals surface area contributed by atoms with Crippen LogP contribution in [-0.4, -0.2) is 100 Å². The molecule has 3 aromatic heterocycles. The molecule has 0 aliphatic carbocycles. The first kappa shape index (κ1) is 42.7. The number of hydrogen-bond donors (Lipinski definition) is 3. The Labute approximate surface area is 373 Å². The SMILES string of the molecule is Cc1cc(-c2n[nH]c3ncc(-c4ccc(N5CCCN(CC6CCN(c7ccc(N8CCC(=O)NC8=O)cc7)CC6)CC5)cc4)cc23)ccc1[C@@H](C)NC(=O)c1nc(C(C)(C)C)no1. The molecule has 3 aromatic carbocycles. The molecule has 6 aromatic rings. The normalized spacial score (nSPS) is 17.4. The lowest BCUT2D eigenvalue weighted by atomic mass is 9.95. The van der Waals surface area contributed by atoms with Gasteiger partial charge >= 0.3 is 17.8 Å². The molecule has 9 rings (SSSR count). The van der Waals surface area contributed by atoms with Gasteiger partial charge in [-0.1, -0.05) is 50.2 Å². The molecule has 15 nitrogen and oxygen atoms in total. The van der Waals surface area contributed by atoms with Crippen molar-refractivity contribution < 1.29 is 18.9 Å². The van der Waals surface area contributed by atoms with Crippen molar-refractivity contribution in [1.29, 1.82) is 0 Å². The topological polar surface area (TPSA) is 169 Å². The van der Waals surface area contributed by atoms with Gasteiger partial charge in [0.05, 0.1) is 6.04 Å². The van der Waals surface area contributed by atoms with Crippen LogP contribution in [0.25, 0.3) is 33.4 Å². The van der Waals surface area contributed by atoms with E-state index in [0.717, 1.165) is 115 Å². The Morgan fingerprint density at radius 1 is 0.844 bits per heavy atom. The van der Waals surface area contributed by atoms with Gasteiger partial charge in [0.25, 0.3) is 0 Å². The highest BCUT2D eigenvalue weighted by Crippen LogP contribution is 2.33. The molecule has 0 bridgehead atoms. The number of fused-ring (bicyclic) bond motifs is 1. The Balaban J connectivity index is 0.779. The molecule has 0 spiro atoms. The number of anilines is 3.